The quantitative estimate of drug-likeness (QED) is 0.432. The van der Waals surface area contributed by atoms with Gasteiger partial charge in [0, 0.05) is 22.3 Å². The first-order valence-electron chi connectivity index (χ1n) is 9.87. The Morgan fingerprint density at radius 3 is 0.773 bits per heavy atom. The molecule has 1 aliphatic heterocycles. The Morgan fingerprint density at radius 2 is 0.636 bits per heavy atom. The monoisotopic (exact) mass is 356 g/mol. The molecule has 22 heavy (non-hydrogen) atoms. The van der Waals surface area contributed by atoms with Gasteiger partial charge in [0.1, 0.15) is 0 Å². The van der Waals surface area contributed by atoms with Gasteiger partial charge in [-0.25, -0.2) is 0 Å². The van der Waals surface area contributed by atoms with Gasteiger partial charge in [0.15, 0.2) is 0 Å². The zero-order valence-corrected chi connectivity index (χ0v) is 20.7. The predicted molar refractivity (Wildman–Crippen MR) is 113 cm³/mol. The second-order valence-electron chi connectivity index (χ2n) is 10.1. The van der Waals surface area contributed by atoms with Crippen molar-refractivity contribution in [2.75, 3.05) is 0 Å². The van der Waals surface area contributed by atoms with Crippen LogP contribution in [0.5, 0.6) is 0 Å². The molecule has 0 N–H and O–H groups in total. The van der Waals surface area contributed by atoms with E-state index in [4.69, 9.17) is 0 Å². The molecule has 1 heterocycles. The van der Waals surface area contributed by atoms with Gasteiger partial charge in [0.05, 0.1) is 0 Å². The highest BCUT2D eigenvalue weighted by Gasteiger charge is 2.80. The van der Waals surface area contributed by atoms with Gasteiger partial charge >= 0.3 is 0 Å². The second-order valence-corrected chi connectivity index (χ2v) is 36.3. The van der Waals surface area contributed by atoms with Crippen LogP contribution in [-0.2, 0) is 0 Å². The van der Waals surface area contributed by atoms with Crippen LogP contribution in [0.15, 0.2) is 0 Å². The van der Waals surface area contributed by atoms with Crippen molar-refractivity contribution in [3.8, 4) is 0 Å². The van der Waals surface area contributed by atoms with Crippen molar-refractivity contribution < 1.29 is 0 Å². The first-order chi connectivity index (χ1) is 9.87. The van der Waals surface area contributed by atoms with E-state index >= 15 is 0 Å². The third kappa shape index (κ3) is 2.17. The smallest absolute Gasteiger partial charge is 0.0486 e. The zero-order valence-electron chi connectivity index (χ0n) is 17.7. The maximum atomic E-state index is 2.64. The predicted octanol–water partition coefficient (Wildman–Crippen LogP) is 7.50. The Kier molecular flexibility index (Phi) is 6.13. The summed E-state index contributed by atoms with van der Waals surface area (Å²) in [6.45, 7) is 31.4. The summed E-state index contributed by atoms with van der Waals surface area (Å²) in [7, 11) is -3.56. The molecule has 0 atom stereocenters. The van der Waals surface area contributed by atoms with E-state index in [1.165, 1.54) is 0 Å². The summed E-state index contributed by atoms with van der Waals surface area (Å²) in [5.74, 6) is 0. The molecule has 1 aliphatic rings. The molecule has 0 radical (unpaired) electrons. The highest BCUT2D eigenvalue weighted by molar-refractivity contribution is 7.80. The van der Waals surface area contributed by atoms with Crippen LogP contribution in [-0.4, -0.2) is 22.3 Å². The second kappa shape index (κ2) is 6.51. The summed E-state index contributed by atoms with van der Waals surface area (Å²) in [6, 6.07) is 0. The molecule has 0 spiro atoms. The van der Waals surface area contributed by atoms with E-state index in [0.29, 0.717) is 0 Å². The molecule has 0 aromatic carbocycles. The van der Waals surface area contributed by atoms with Gasteiger partial charge in [-0.1, -0.05) is 122 Å². The van der Waals surface area contributed by atoms with Crippen molar-refractivity contribution in [1.29, 1.82) is 0 Å². The molecule has 132 valence electrons. The maximum Gasteiger partial charge on any atom is 0.0486 e. The largest absolute Gasteiger partial charge is 0.0656 e. The number of hydrogen-bond acceptors (Lipinski definition) is 0. The van der Waals surface area contributed by atoms with Crippen molar-refractivity contribution >= 4 is 22.3 Å². The molecular formula is C19H44Si3. The van der Waals surface area contributed by atoms with Gasteiger partial charge in [-0.2, -0.15) is 0 Å². The Morgan fingerprint density at radius 1 is 0.409 bits per heavy atom. The molecule has 3 heteroatoms. The molecule has 1 saturated heterocycles. The van der Waals surface area contributed by atoms with Gasteiger partial charge in [-0.05, 0) is 0 Å². The fourth-order valence-corrected chi connectivity index (χ4v) is 85.8. The van der Waals surface area contributed by atoms with Crippen LogP contribution < -0.4 is 0 Å². The van der Waals surface area contributed by atoms with Crippen LogP contribution in [0.2, 0.25) is 38.9 Å². The molecular weight excluding hydrogens is 312 g/mol. The van der Waals surface area contributed by atoms with Crippen LogP contribution >= 0.6 is 0 Å². The van der Waals surface area contributed by atoms with Gasteiger partial charge in [-0.15, -0.1) is 0 Å². The van der Waals surface area contributed by atoms with Crippen molar-refractivity contribution in [1.82, 2.24) is 0 Å². The molecule has 0 unspecified atom stereocenters. The molecule has 1 fully saturated rings. The molecule has 0 aromatic heterocycles. The summed E-state index contributed by atoms with van der Waals surface area (Å²) in [5, 5.41) is 0. The lowest BCUT2D eigenvalue weighted by Crippen LogP contribution is -2.94. The Labute approximate surface area is 144 Å². The van der Waals surface area contributed by atoms with E-state index in [1.54, 1.807) is 5.67 Å². The van der Waals surface area contributed by atoms with Gasteiger partial charge in [0.25, 0.3) is 0 Å². The average molecular weight is 357 g/mol. The van der Waals surface area contributed by atoms with Crippen LogP contribution in [0.3, 0.4) is 0 Å². The minimum Gasteiger partial charge on any atom is -0.0656 e. The fraction of sp³-hybridized carbons (Fsp3) is 1.00. The summed E-state index contributed by atoms with van der Waals surface area (Å²) < 4.78 is 0. The SMILES string of the molecule is CC(C)[Si]1(C(C)C)C[Si](C(C)C)(C(C)C)[Si]1(C(C)C)C(C)C. The lowest BCUT2D eigenvalue weighted by molar-refractivity contribution is 0.817. The molecule has 0 aliphatic carbocycles. The third-order valence-corrected chi connectivity index (χ3v) is 62.4. The Bertz CT molecular complexity index is 328. The first kappa shape index (κ1) is 20.7. The molecule has 0 nitrogen and oxygen atoms in total. The summed E-state index contributed by atoms with van der Waals surface area (Å²) >= 11 is 0. The van der Waals surface area contributed by atoms with Crippen LogP contribution in [0.25, 0.3) is 0 Å². The highest BCUT2D eigenvalue weighted by atomic mass is 29.7. The highest BCUT2D eigenvalue weighted by Crippen LogP contribution is 2.70. The average Bonchev–Trinajstić information content (AvgIpc) is 2.24. The van der Waals surface area contributed by atoms with E-state index in [0.717, 1.165) is 33.2 Å². The first-order valence-corrected chi connectivity index (χ1v) is 18.7. The van der Waals surface area contributed by atoms with Gasteiger partial charge in [-0.3, -0.25) is 0 Å². The van der Waals surface area contributed by atoms with E-state index in [1.807, 2.05) is 0 Å². The van der Waals surface area contributed by atoms with Crippen molar-refractivity contribution in [2.45, 2.75) is 122 Å². The number of hydrogen-bond donors (Lipinski definition) is 0. The van der Waals surface area contributed by atoms with E-state index in [-0.39, 0.29) is 0 Å². The molecule has 1 rings (SSSR count). The lowest BCUT2D eigenvalue weighted by Gasteiger charge is -2.78. The topological polar surface area (TPSA) is 0 Å². The molecule has 0 amide bonds. The third-order valence-electron chi connectivity index (χ3n) is 8.07. The summed E-state index contributed by atoms with van der Waals surface area (Å²) in [4.78, 5) is 0. The number of rotatable bonds is 6. The van der Waals surface area contributed by atoms with E-state index in [9.17, 15) is 0 Å². The zero-order chi connectivity index (χ0) is 17.7. The van der Waals surface area contributed by atoms with Crippen molar-refractivity contribution in [3.63, 3.8) is 0 Å². The lowest BCUT2D eigenvalue weighted by atomic mass is 10.5. The standard InChI is InChI=1S/C19H44Si3/c1-14(2)20(15(3)4)13-21(16(5)6,17(7)8)22(20,18(9)10)19(11)12/h14-19H,13H2,1-12H3. The van der Waals surface area contributed by atoms with Gasteiger partial charge < -0.3 is 0 Å². The molecule has 0 aromatic rings. The minimum absolute atomic E-state index is 0.988. The Balaban J connectivity index is 3.76. The maximum absolute atomic E-state index is 2.64. The fourth-order valence-electron chi connectivity index (χ4n) is 7.98. The van der Waals surface area contributed by atoms with Crippen molar-refractivity contribution in [2.24, 2.45) is 0 Å². The van der Waals surface area contributed by atoms with E-state index in [2.05, 4.69) is 83.1 Å². The van der Waals surface area contributed by atoms with Crippen LogP contribution in [0, 0.1) is 0 Å². The van der Waals surface area contributed by atoms with Crippen LogP contribution in [0.4, 0.5) is 0 Å². The summed E-state index contributed by atoms with van der Waals surface area (Å²) in [6.07, 6.45) is 0. The molecule has 0 bridgehead atoms. The van der Waals surface area contributed by atoms with Crippen LogP contribution in [0.1, 0.15) is 83.1 Å². The Hall–Kier alpha value is 0.651. The van der Waals surface area contributed by atoms with E-state index < -0.39 is 22.3 Å². The molecule has 0 saturated carbocycles. The minimum atomic E-state index is -1.23. The summed E-state index contributed by atoms with van der Waals surface area (Å²) in [5.41, 5.74) is 7.70. The van der Waals surface area contributed by atoms with Crippen molar-refractivity contribution in [3.05, 3.63) is 0 Å². The normalized spacial score (nSPS) is 23.2. The van der Waals surface area contributed by atoms with Gasteiger partial charge in [0.2, 0.25) is 0 Å².